The number of hydrogen-bond donors (Lipinski definition) is 1. The number of benzene rings is 1. The molecular formula is C18H24ClN5O2. The number of carbonyl (C=O) groups is 2. The van der Waals surface area contributed by atoms with Gasteiger partial charge in [0.25, 0.3) is 5.91 Å². The third-order valence-electron chi connectivity index (χ3n) is 4.50. The first-order chi connectivity index (χ1) is 12.2. The van der Waals surface area contributed by atoms with Gasteiger partial charge in [0.1, 0.15) is 5.78 Å². The standard InChI is InChI=1S/C18H23N5O2.ClH/c19-8-10-23-13-16(20-21-23)18(25)22-9-4-7-15(12-22)17(24)11-14-5-2-1-3-6-14;/h1-3,5-6,13,15H,4,7-12,19H2;1H. The van der Waals surface area contributed by atoms with Gasteiger partial charge in [0.2, 0.25) is 0 Å². The molecule has 0 aliphatic carbocycles. The number of piperidine rings is 1. The Morgan fingerprint density at radius 2 is 2.00 bits per heavy atom. The van der Waals surface area contributed by atoms with Crippen molar-refractivity contribution in [2.75, 3.05) is 19.6 Å². The quantitative estimate of drug-likeness (QED) is 0.819. The highest BCUT2D eigenvalue weighted by Gasteiger charge is 2.29. The molecule has 1 amide bonds. The molecule has 1 saturated heterocycles. The molecule has 26 heavy (non-hydrogen) atoms. The summed E-state index contributed by atoms with van der Waals surface area (Å²) in [6.07, 6.45) is 3.69. The van der Waals surface area contributed by atoms with Crippen LogP contribution in [-0.4, -0.2) is 51.2 Å². The highest BCUT2D eigenvalue weighted by molar-refractivity contribution is 5.92. The van der Waals surface area contributed by atoms with E-state index in [9.17, 15) is 9.59 Å². The van der Waals surface area contributed by atoms with E-state index in [1.165, 1.54) is 0 Å². The van der Waals surface area contributed by atoms with Crippen molar-refractivity contribution in [3.8, 4) is 0 Å². The van der Waals surface area contributed by atoms with Gasteiger partial charge in [-0.15, -0.1) is 17.5 Å². The summed E-state index contributed by atoms with van der Waals surface area (Å²) in [7, 11) is 0. The van der Waals surface area contributed by atoms with Crippen LogP contribution in [0.5, 0.6) is 0 Å². The third-order valence-corrected chi connectivity index (χ3v) is 4.50. The number of ketones is 1. The van der Waals surface area contributed by atoms with Crippen LogP contribution in [-0.2, 0) is 17.8 Å². The Kier molecular flexibility index (Phi) is 7.29. The van der Waals surface area contributed by atoms with E-state index in [1.54, 1.807) is 15.8 Å². The third kappa shape index (κ3) is 4.89. The summed E-state index contributed by atoms with van der Waals surface area (Å²) in [4.78, 5) is 26.9. The first kappa shape index (κ1) is 20.1. The molecule has 7 nitrogen and oxygen atoms in total. The molecule has 0 radical (unpaired) electrons. The van der Waals surface area contributed by atoms with Crippen LogP contribution in [0.3, 0.4) is 0 Å². The summed E-state index contributed by atoms with van der Waals surface area (Å²) < 4.78 is 1.56. The highest BCUT2D eigenvalue weighted by Crippen LogP contribution is 2.20. The second kappa shape index (κ2) is 9.45. The fourth-order valence-electron chi connectivity index (χ4n) is 3.17. The minimum atomic E-state index is -0.166. The lowest BCUT2D eigenvalue weighted by molar-refractivity contribution is -0.123. The van der Waals surface area contributed by atoms with Crippen LogP contribution in [0.1, 0.15) is 28.9 Å². The fourth-order valence-corrected chi connectivity index (χ4v) is 3.17. The van der Waals surface area contributed by atoms with Gasteiger partial charge in [0.15, 0.2) is 5.69 Å². The first-order valence-corrected chi connectivity index (χ1v) is 8.63. The van der Waals surface area contributed by atoms with Gasteiger partial charge < -0.3 is 10.6 Å². The molecule has 140 valence electrons. The van der Waals surface area contributed by atoms with E-state index in [4.69, 9.17) is 5.73 Å². The van der Waals surface area contributed by atoms with Gasteiger partial charge in [-0.2, -0.15) is 0 Å². The maximum absolute atomic E-state index is 12.6. The predicted molar refractivity (Wildman–Crippen MR) is 100 cm³/mol. The van der Waals surface area contributed by atoms with Crippen molar-refractivity contribution >= 4 is 24.1 Å². The van der Waals surface area contributed by atoms with E-state index < -0.39 is 0 Å². The van der Waals surface area contributed by atoms with Gasteiger partial charge >= 0.3 is 0 Å². The molecule has 2 N–H and O–H groups in total. The fraction of sp³-hybridized carbons (Fsp3) is 0.444. The number of carbonyl (C=O) groups excluding carboxylic acids is 2. The van der Waals surface area contributed by atoms with E-state index in [2.05, 4.69) is 10.3 Å². The van der Waals surface area contributed by atoms with Crippen LogP contribution in [0.2, 0.25) is 0 Å². The van der Waals surface area contributed by atoms with E-state index in [1.807, 2.05) is 30.3 Å². The molecule has 3 rings (SSSR count). The van der Waals surface area contributed by atoms with Crippen molar-refractivity contribution in [3.05, 3.63) is 47.8 Å². The Labute approximate surface area is 159 Å². The number of rotatable bonds is 6. The summed E-state index contributed by atoms with van der Waals surface area (Å²) in [5.74, 6) is -0.0899. The zero-order chi connectivity index (χ0) is 17.6. The molecule has 1 fully saturated rings. The Hall–Kier alpha value is -2.25. The SMILES string of the molecule is Cl.NCCn1cc(C(=O)N2CCCC(C(=O)Cc3ccccc3)C2)nn1. The summed E-state index contributed by atoms with van der Waals surface area (Å²) in [5.41, 5.74) is 6.81. The number of nitrogens with zero attached hydrogens (tertiary/aromatic N) is 4. The number of likely N-dealkylation sites (tertiary alicyclic amines) is 1. The minimum Gasteiger partial charge on any atom is -0.336 e. The number of nitrogens with two attached hydrogens (primary N) is 1. The minimum absolute atomic E-state index is 0. The lowest BCUT2D eigenvalue weighted by Gasteiger charge is -2.31. The number of halogens is 1. The summed E-state index contributed by atoms with van der Waals surface area (Å²) in [5, 5.41) is 7.83. The molecule has 8 heteroatoms. The van der Waals surface area contributed by atoms with Crippen LogP contribution in [0.15, 0.2) is 36.5 Å². The summed E-state index contributed by atoms with van der Waals surface area (Å²) in [6, 6.07) is 9.72. The normalized spacial score (nSPS) is 16.8. The summed E-state index contributed by atoms with van der Waals surface area (Å²) in [6.45, 7) is 2.07. The van der Waals surface area contributed by atoms with Gasteiger partial charge in [-0.3, -0.25) is 14.3 Å². The molecule has 2 aromatic rings. The average molecular weight is 378 g/mol. The lowest BCUT2D eigenvalue weighted by atomic mass is 9.90. The molecule has 1 aromatic heterocycles. The maximum atomic E-state index is 12.6. The molecule has 1 aromatic carbocycles. The number of amides is 1. The topological polar surface area (TPSA) is 94.1 Å². The number of hydrogen-bond acceptors (Lipinski definition) is 5. The molecule has 1 aliphatic heterocycles. The first-order valence-electron chi connectivity index (χ1n) is 8.63. The molecule has 1 unspecified atom stereocenters. The van der Waals surface area contributed by atoms with Gasteiger partial charge in [0.05, 0.1) is 12.7 Å². The van der Waals surface area contributed by atoms with Gasteiger partial charge in [-0.05, 0) is 18.4 Å². The van der Waals surface area contributed by atoms with Crippen LogP contribution in [0.25, 0.3) is 0 Å². The highest BCUT2D eigenvalue weighted by atomic mass is 35.5. The smallest absolute Gasteiger partial charge is 0.276 e. The van der Waals surface area contributed by atoms with Crippen LogP contribution in [0, 0.1) is 5.92 Å². The van der Waals surface area contributed by atoms with Crippen molar-refractivity contribution in [1.29, 1.82) is 0 Å². The Balaban J connectivity index is 0.00000243. The van der Waals surface area contributed by atoms with Crippen molar-refractivity contribution in [1.82, 2.24) is 19.9 Å². The van der Waals surface area contributed by atoms with Gasteiger partial charge in [-0.25, -0.2) is 0 Å². The second-order valence-electron chi connectivity index (χ2n) is 6.37. The maximum Gasteiger partial charge on any atom is 0.276 e. The van der Waals surface area contributed by atoms with Crippen molar-refractivity contribution in [2.45, 2.75) is 25.8 Å². The molecule has 0 saturated carbocycles. The van der Waals surface area contributed by atoms with Crippen molar-refractivity contribution < 1.29 is 9.59 Å². The molecule has 2 heterocycles. The zero-order valence-electron chi connectivity index (χ0n) is 14.6. The largest absolute Gasteiger partial charge is 0.336 e. The van der Waals surface area contributed by atoms with Crippen molar-refractivity contribution in [3.63, 3.8) is 0 Å². The van der Waals surface area contributed by atoms with E-state index in [-0.39, 0.29) is 30.0 Å². The van der Waals surface area contributed by atoms with Crippen LogP contribution < -0.4 is 5.73 Å². The van der Waals surface area contributed by atoms with Gasteiger partial charge in [-0.1, -0.05) is 35.5 Å². The van der Waals surface area contributed by atoms with Crippen LogP contribution in [0.4, 0.5) is 0 Å². The number of aromatic nitrogens is 3. The van der Waals surface area contributed by atoms with Gasteiger partial charge in [0, 0.05) is 32.0 Å². The molecular weight excluding hydrogens is 354 g/mol. The molecule has 1 atom stereocenters. The van der Waals surface area contributed by atoms with Crippen LogP contribution >= 0.6 is 12.4 Å². The molecule has 0 bridgehead atoms. The lowest BCUT2D eigenvalue weighted by Crippen LogP contribution is -2.42. The van der Waals surface area contributed by atoms with E-state index in [0.29, 0.717) is 38.3 Å². The van der Waals surface area contributed by atoms with Crippen molar-refractivity contribution in [2.24, 2.45) is 11.7 Å². The summed E-state index contributed by atoms with van der Waals surface area (Å²) >= 11 is 0. The van der Waals surface area contributed by atoms with E-state index >= 15 is 0 Å². The molecule has 0 spiro atoms. The Morgan fingerprint density at radius 3 is 2.73 bits per heavy atom. The molecule has 1 aliphatic rings. The predicted octanol–water partition coefficient (Wildman–Crippen LogP) is 1.32. The van der Waals surface area contributed by atoms with E-state index in [0.717, 1.165) is 18.4 Å². The monoisotopic (exact) mass is 377 g/mol. The number of Topliss-reactive ketones (excluding diaryl/α,β-unsaturated/α-hetero) is 1. The Morgan fingerprint density at radius 1 is 1.23 bits per heavy atom. The Bertz CT molecular complexity index is 734. The zero-order valence-corrected chi connectivity index (χ0v) is 15.4. The average Bonchev–Trinajstić information content (AvgIpc) is 3.11. The second-order valence-corrected chi connectivity index (χ2v) is 6.37.